The Balaban J connectivity index is 1.79. The van der Waals surface area contributed by atoms with Crippen molar-refractivity contribution in [2.75, 3.05) is 6.54 Å². The molecule has 2 aromatic carbocycles. The zero-order chi connectivity index (χ0) is 19.2. The van der Waals surface area contributed by atoms with Gasteiger partial charge in [0.2, 0.25) is 5.91 Å². The summed E-state index contributed by atoms with van der Waals surface area (Å²) in [5, 5.41) is 6.14. The van der Waals surface area contributed by atoms with Gasteiger partial charge in [-0.05, 0) is 32.0 Å². The molecular weight excluding hydrogens is 344 g/mol. The first-order valence-electron chi connectivity index (χ1n) is 8.80. The molecular formula is C21H22N2O4. The molecule has 0 saturated carbocycles. The summed E-state index contributed by atoms with van der Waals surface area (Å²) >= 11 is 0. The van der Waals surface area contributed by atoms with Crippen molar-refractivity contribution in [2.24, 2.45) is 0 Å². The van der Waals surface area contributed by atoms with E-state index in [1.807, 2.05) is 62.4 Å². The molecule has 6 nitrogen and oxygen atoms in total. The number of ether oxygens (including phenoxy) is 1. The van der Waals surface area contributed by atoms with Gasteiger partial charge in [-0.3, -0.25) is 9.59 Å². The Kier molecular flexibility index (Phi) is 5.76. The van der Waals surface area contributed by atoms with E-state index in [1.54, 1.807) is 6.07 Å². The largest absolute Gasteiger partial charge is 0.489 e. The molecule has 0 aliphatic rings. The molecule has 0 atom stereocenters. The first kappa shape index (κ1) is 18.5. The number of fused-ring (bicyclic) bond motifs is 1. The summed E-state index contributed by atoms with van der Waals surface area (Å²) < 4.78 is 11.5. The molecule has 2 amide bonds. The number of rotatable bonds is 7. The van der Waals surface area contributed by atoms with Crippen LogP contribution in [0.1, 0.15) is 30.0 Å². The fourth-order valence-electron chi connectivity index (χ4n) is 2.71. The molecule has 6 heteroatoms. The SMILES string of the molecule is CC(C)NC(=O)CNC(=O)c1oc2ccccc2c1COc1ccccc1. The van der Waals surface area contributed by atoms with Gasteiger partial charge in [0.05, 0.1) is 6.54 Å². The first-order valence-corrected chi connectivity index (χ1v) is 8.80. The van der Waals surface area contributed by atoms with Crippen molar-refractivity contribution < 1.29 is 18.7 Å². The van der Waals surface area contributed by atoms with E-state index in [0.717, 1.165) is 5.39 Å². The molecule has 1 aromatic heterocycles. The highest BCUT2D eigenvalue weighted by Crippen LogP contribution is 2.27. The van der Waals surface area contributed by atoms with Crippen molar-refractivity contribution in [1.29, 1.82) is 0 Å². The average Bonchev–Trinajstić information content (AvgIpc) is 3.03. The molecule has 0 fully saturated rings. The second kappa shape index (κ2) is 8.40. The summed E-state index contributed by atoms with van der Waals surface area (Å²) in [6.45, 7) is 3.78. The molecule has 27 heavy (non-hydrogen) atoms. The number of para-hydroxylation sites is 2. The van der Waals surface area contributed by atoms with Crippen LogP contribution in [0.3, 0.4) is 0 Å². The standard InChI is InChI=1S/C21H22N2O4/c1-14(2)23-19(24)12-22-21(25)20-17(13-26-15-8-4-3-5-9-15)16-10-6-7-11-18(16)27-20/h3-11,14H,12-13H2,1-2H3,(H,22,25)(H,23,24). The number of hydrogen-bond acceptors (Lipinski definition) is 4. The van der Waals surface area contributed by atoms with Crippen LogP contribution in [0.2, 0.25) is 0 Å². The van der Waals surface area contributed by atoms with Gasteiger partial charge in [-0.2, -0.15) is 0 Å². The monoisotopic (exact) mass is 366 g/mol. The second-order valence-corrected chi connectivity index (χ2v) is 6.41. The summed E-state index contributed by atoms with van der Waals surface area (Å²) in [5.74, 6) is 0.156. The quantitative estimate of drug-likeness (QED) is 0.672. The van der Waals surface area contributed by atoms with E-state index in [4.69, 9.17) is 9.15 Å². The van der Waals surface area contributed by atoms with E-state index in [0.29, 0.717) is 16.9 Å². The Morgan fingerprint density at radius 1 is 1.04 bits per heavy atom. The second-order valence-electron chi connectivity index (χ2n) is 6.41. The van der Waals surface area contributed by atoms with E-state index in [2.05, 4.69) is 10.6 Å². The minimum Gasteiger partial charge on any atom is -0.489 e. The maximum absolute atomic E-state index is 12.6. The Labute approximate surface area is 157 Å². The maximum atomic E-state index is 12.6. The third-order valence-electron chi connectivity index (χ3n) is 3.89. The minimum atomic E-state index is -0.447. The van der Waals surface area contributed by atoms with Crippen LogP contribution in [0.4, 0.5) is 0 Å². The predicted octanol–water partition coefficient (Wildman–Crippen LogP) is 3.27. The van der Waals surface area contributed by atoms with Crippen LogP contribution < -0.4 is 15.4 Å². The Morgan fingerprint density at radius 2 is 1.74 bits per heavy atom. The van der Waals surface area contributed by atoms with Crippen LogP contribution in [0.5, 0.6) is 5.75 Å². The number of hydrogen-bond donors (Lipinski definition) is 2. The molecule has 0 bridgehead atoms. The molecule has 1 heterocycles. The van der Waals surface area contributed by atoms with Gasteiger partial charge in [0.25, 0.3) is 5.91 Å². The summed E-state index contributed by atoms with van der Waals surface area (Å²) in [5.41, 5.74) is 1.25. The van der Waals surface area contributed by atoms with Gasteiger partial charge in [0, 0.05) is 17.0 Å². The molecule has 0 aliphatic carbocycles. The summed E-state index contributed by atoms with van der Waals surface area (Å²) in [6, 6.07) is 16.8. The van der Waals surface area contributed by atoms with E-state index >= 15 is 0 Å². The van der Waals surface area contributed by atoms with Crippen LogP contribution >= 0.6 is 0 Å². The number of furan rings is 1. The van der Waals surface area contributed by atoms with Gasteiger partial charge < -0.3 is 19.8 Å². The Morgan fingerprint density at radius 3 is 2.48 bits per heavy atom. The molecule has 2 N–H and O–H groups in total. The van der Waals surface area contributed by atoms with Gasteiger partial charge >= 0.3 is 0 Å². The number of carbonyl (C=O) groups is 2. The number of benzene rings is 2. The average molecular weight is 366 g/mol. The number of carbonyl (C=O) groups excluding carboxylic acids is 2. The van der Waals surface area contributed by atoms with Crippen molar-refractivity contribution in [2.45, 2.75) is 26.5 Å². The zero-order valence-electron chi connectivity index (χ0n) is 15.3. The Hall–Kier alpha value is -3.28. The lowest BCUT2D eigenvalue weighted by atomic mass is 10.1. The van der Waals surface area contributed by atoms with E-state index in [1.165, 1.54) is 0 Å². The molecule has 0 aliphatic heterocycles. The lowest BCUT2D eigenvalue weighted by molar-refractivity contribution is -0.120. The van der Waals surface area contributed by atoms with E-state index in [9.17, 15) is 9.59 Å². The maximum Gasteiger partial charge on any atom is 0.287 e. The van der Waals surface area contributed by atoms with Crippen LogP contribution in [-0.4, -0.2) is 24.4 Å². The van der Waals surface area contributed by atoms with Crippen molar-refractivity contribution in [3.63, 3.8) is 0 Å². The van der Waals surface area contributed by atoms with Crippen molar-refractivity contribution in [3.8, 4) is 5.75 Å². The van der Waals surface area contributed by atoms with Crippen molar-refractivity contribution in [3.05, 3.63) is 65.9 Å². The molecule has 3 aromatic rings. The van der Waals surface area contributed by atoms with Gasteiger partial charge in [-0.25, -0.2) is 0 Å². The highest BCUT2D eigenvalue weighted by atomic mass is 16.5. The van der Waals surface area contributed by atoms with Gasteiger partial charge in [0.15, 0.2) is 5.76 Å². The molecule has 0 unspecified atom stereocenters. The molecule has 3 rings (SSSR count). The fraction of sp³-hybridized carbons (Fsp3) is 0.238. The number of amides is 2. The topological polar surface area (TPSA) is 80.6 Å². The van der Waals surface area contributed by atoms with E-state index in [-0.39, 0.29) is 30.9 Å². The molecule has 0 saturated heterocycles. The van der Waals surface area contributed by atoms with Crippen LogP contribution in [0.25, 0.3) is 11.0 Å². The van der Waals surface area contributed by atoms with Gasteiger partial charge in [0.1, 0.15) is 17.9 Å². The summed E-state index contributed by atoms with van der Waals surface area (Å²) in [4.78, 5) is 24.4. The fourth-order valence-corrected chi connectivity index (χ4v) is 2.71. The van der Waals surface area contributed by atoms with Gasteiger partial charge in [-0.1, -0.05) is 36.4 Å². The van der Waals surface area contributed by atoms with Crippen molar-refractivity contribution >= 4 is 22.8 Å². The normalized spacial score (nSPS) is 10.8. The third kappa shape index (κ3) is 4.67. The zero-order valence-corrected chi connectivity index (χ0v) is 15.3. The summed E-state index contributed by atoms with van der Waals surface area (Å²) in [6.07, 6.45) is 0. The summed E-state index contributed by atoms with van der Waals surface area (Å²) in [7, 11) is 0. The lowest BCUT2D eigenvalue weighted by Gasteiger charge is -2.09. The van der Waals surface area contributed by atoms with Crippen LogP contribution in [0, 0.1) is 0 Å². The van der Waals surface area contributed by atoms with Crippen LogP contribution in [-0.2, 0) is 11.4 Å². The highest BCUT2D eigenvalue weighted by molar-refractivity contribution is 6.00. The molecule has 0 radical (unpaired) electrons. The highest BCUT2D eigenvalue weighted by Gasteiger charge is 2.21. The lowest BCUT2D eigenvalue weighted by Crippen LogP contribution is -2.39. The molecule has 140 valence electrons. The van der Waals surface area contributed by atoms with E-state index < -0.39 is 5.91 Å². The smallest absolute Gasteiger partial charge is 0.287 e. The molecule has 0 spiro atoms. The Bertz CT molecular complexity index is 932. The van der Waals surface area contributed by atoms with Crippen molar-refractivity contribution in [1.82, 2.24) is 10.6 Å². The number of nitrogens with one attached hydrogen (secondary N) is 2. The third-order valence-corrected chi connectivity index (χ3v) is 3.89. The van der Waals surface area contributed by atoms with Crippen LogP contribution in [0.15, 0.2) is 59.0 Å². The van der Waals surface area contributed by atoms with Gasteiger partial charge in [-0.15, -0.1) is 0 Å². The minimum absolute atomic E-state index is 0.00966. The first-order chi connectivity index (χ1) is 13.0. The predicted molar refractivity (Wildman–Crippen MR) is 103 cm³/mol.